The van der Waals surface area contributed by atoms with Crippen molar-refractivity contribution in [2.45, 2.75) is 0 Å². The first-order valence-corrected chi connectivity index (χ1v) is 21.3. The molecule has 0 aliphatic rings. The van der Waals surface area contributed by atoms with Crippen molar-refractivity contribution in [3.05, 3.63) is 255 Å². The Kier molecular flexibility index (Phi) is 9.57. The molecule has 0 N–H and O–H groups in total. The molecule has 0 radical (unpaired) electrons. The minimum Gasteiger partial charge on any atom is -0.310 e. The highest BCUT2D eigenvalue weighted by Crippen LogP contribution is 2.48. The lowest BCUT2D eigenvalue weighted by atomic mass is 9.87. The fourth-order valence-electron chi connectivity index (χ4n) is 9.13. The van der Waals surface area contributed by atoms with E-state index in [2.05, 4.69) is 264 Å². The van der Waals surface area contributed by atoms with Crippen LogP contribution in [0.1, 0.15) is 0 Å². The summed E-state index contributed by atoms with van der Waals surface area (Å²) in [5, 5.41) is 2.53. The van der Waals surface area contributed by atoms with E-state index < -0.39 is 0 Å². The molecule has 0 atom stereocenters. The smallest absolute Gasteiger partial charge is 0.0546 e. The molecule has 292 valence electrons. The lowest BCUT2D eigenvalue weighted by molar-refractivity contribution is 1.18. The molecule has 0 spiro atoms. The zero-order chi connectivity index (χ0) is 41.2. The zero-order valence-corrected chi connectivity index (χ0v) is 34.1. The monoisotopic (exact) mass is 790 g/mol. The van der Waals surface area contributed by atoms with Crippen LogP contribution in [-0.2, 0) is 0 Å². The Hall–Kier alpha value is -8.20. The van der Waals surface area contributed by atoms with Crippen LogP contribution in [-0.4, -0.2) is 4.57 Å². The highest BCUT2D eigenvalue weighted by molar-refractivity contribution is 6.09. The Balaban J connectivity index is 1.07. The number of aromatic nitrogens is 1. The van der Waals surface area contributed by atoms with Gasteiger partial charge in [-0.25, -0.2) is 0 Å². The van der Waals surface area contributed by atoms with Gasteiger partial charge in [0.15, 0.2) is 0 Å². The third-order valence-electron chi connectivity index (χ3n) is 12.0. The third-order valence-corrected chi connectivity index (χ3v) is 12.0. The van der Waals surface area contributed by atoms with Gasteiger partial charge in [0.05, 0.1) is 16.7 Å². The lowest BCUT2D eigenvalue weighted by Crippen LogP contribution is -2.12. The quantitative estimate of drug-likeness (QED) is 0.141. The van der Waals surface area contributed by atoms with Crippen molar-refractivity contribution in [3.63, 3.8) is 0 Å². The number of fused-ring (bicyclic) bond motifs is 3. The molecule has 11 aromatic rings. The van der Waals surface area contributed by atoms with Gasteiger partial charge in [0, 0.05) is 33.4 Å². The van der Waals surface area contributed by atoms with Gasteiger partial charge in [-0.1, -0.05) is 200 Å². The molecular formula is C60H42N2. The highest BCUT2D eigenvalue weighted by atomic mass is 15.1. The highest BCUT2D eigenvalue weighted by Gasteiger charge is 2.23. The molecule has 0 aliphatic heterocycles. The van der Waals surface area contributed by atoms with Crippen molar-refractivity contribution < 1.29 is 0 Å². The predicted octanol–water partition coefficient (Wildman–Crippen LogP) is 16.6. The maximum atomic E-state index is 2.44. The van der Waals surface area contributed by atoms with Crippen molar-refractivity contribution in [1.82, 2.24) is 4.57 Å². The topological polar surface area (TPSA) is 8.17 Å². The van der Waals surface area contributed by atoms with Gasteiger partial charge < -0.3 is 9.47 Å². The number of para-hydroxylation sites is 2. The van der Waals surface area contributed by atoms with Crippen LogP contribution in [0.15, 0.2) is 255 Å². The molecule has 10 aromatic carbocycles. The van der Waals surface area contributed by atoms with Crippen molar-refractivity contribution >= 4 is 38.9 Å². The van der Waals surface area contributed by atoms with E-state index in [1.807, 2.05) is 0 Å². The first-order valence-electron chi connectivity index (χ1n) is 21.3. The second kappa shape index (κ2) is 16.1. The molecule has 0 fully saturated rings. The molecule has 62 heavy (non-hydrogen) atoms. The summed E-state index contributed by atoms with van der Waals surface area (Å²) in [7, 11) is 0. The van der Waals surface area contributed by atoms with Gasteiger partial charge in [0.1, 0.15) is 0 Å². The minimum absolute atomic E-state index is 1.07. The van der Waals surface area contributed by atoms with Crippen LogP contribution in [0.25, 0.3) is 83.1 Å². The van der Waals surface area contributed by atoms with E-state index in [1.165, 1.54) is 71.9 Å². The van der Waals surface area contributed by atoms with Crippen molar-refractivity contribution in [3.8, 4) is 61.3 Å². The van der Waals surface area contributed by atoms with Gasteiger partial charge >= 0.3 is 0 Å². The van der Waals surface area contributed by atoms with E-state index in [0.29, 0.717) is 0 Å². The molecule has 0 aliphatic carbocycles. The molecule has 2 heteroatoms. The van der Waals surface area contributed by atoms with Crippen LogP contribution >= 0.6 is 0 Å². The van der Waals surface area contributed by atoms with Gasteiger partial charge in [-0.05, 0) is 105 Å². The van der Waals surface area contributed by atoms with E-state index in [9.17, 15) is 0 Å². The zero-order valence-electron chi connectivity index (χ0n) is 34.1. The number of anilines is 3. The average Bonchev–Trinajstić information content (AvgIpc) is 3.70. The van der Waals surface area contributed by atoms with Crippen LogP contribution in [0, 0.1) is 0 Å². The SMILES string of the molecule is c1ccc(-c2cccc(N(c3ccc(-c4ccc(-n5c6ccccc6c6ccccc65)cc4)cc3)c3cccc(-c4ccccc4)c3-c3ccccc3-c3ccccc3)c2)cc1. The summed E-state index contributed by atoms with van der Waals surface area (Å²) >= 11 is 0. The van der Waals surface area contributed by atoms with Gasteiger partial charge in [-0.3, -0.25) is 0 Å². The fraction of sp³-hybridized carbons (Fsp3) is 0. The van der Waals surface area contributed by atoms with Crippen molar-refractivity contribution in [2.75, 3.05) is 4.90 Å². The second-order valence-electron chi connectivity index (χ2n) is 15.7. The molecule has 0 unspecified atom stereocenters. The summed E-state index contributed by atoms with van der Waals surface area (Å²) in [6, 6.07) is 92.1. The number of hydrogen-bond donors (Lipinski definition) is 0. The average molecular weight is 791 g/mol. The summed E-state index contributed by atoms with van der Waals surface area (Å²) < 4.78 is 2.37. The van der Waals surface area contributed by atoms with E-state index in [4.69, 9.17) is 0 Å². The Morgan fingerprint density at radius 2 is 0.726 bits per heavy atom. The summed E-state index contributed by atoms with van der Waals surface area (Å²) in [5.74, 6) is 0. The standard InChI is InChI=1S/C60H42N2/c1-4-18-43(19-5-1)48-24-16-25-51(42-48)61(59-33-17-30-53(47-22-8-3-9-23-47)60(59)56-29-11-10-26-52(56)46-20-6-2-7-21-46)49-38-34-44(35-39-49)45-36-40-50(41-37-45)62-57-31-14-12-27-54(57)55-28-13-15-32-58(55)62/h1-42H. The normalized spacial score (nSPS) is 11.2. The van der Waals surface area contributed by atoms with Crippen LogP contribution in [0.2, 0.25) is 0 Å². The van der Waals surface area contributed by atoms with E-state index >= 15 is 0 Å². The van der Waals surface area contributed by atoms with E-state index in [0.717, 1.165) is 28.3 Å². The molecular weight excluding hydrogens is 749 g/mol. The molecule has 0 bridgehead atoms. The number of benzene rings is 10. The van der Waals surface area contributed by atoms with Gasteiger partial charge in [0.25, 0.3) is 0 Å². The Morgan fingerprint density at radius 3 is 1.35 bits per heavy atom. The summed E-state index contributed by atoms with van der Waals surface area (Å²) in [5.41, 5.74) is 18.6. The predicted molar refractivity (Wildman–Crippen MR) is 263 cm³/mol. The van der Waals surface area contributed by atoms with Crippen LogP contribution in [0.3, 0.4) is 0 Å². The molecule has 2 nitrogen and oxygen atoms in total. The molecule has 0 saturated heterocycles. The van der Waals surface area contributed by atoms with Crippen LogP contribution < -0.4 is 4.90 Å². The maximum Gasteiger partial charge on any atom is 0.0546 e. The van der Waals surface area contributed by atoms with Gasteiger partial charge in [-0.2, -0.15) is 0 Å². The maximum absolute atomic E-state index is 2.44. The largest absolute Gasteiger partial charge is 0.310 e. The molecule has 0 saturated carbocycles. The Bertz CT molecular complexity index is 3260. The van der Waals surface area contributed by atoms with Crippen LogP contribution in [0.4, 0.5) is 17.1 Å². The van der Waals surface area contributed by atoms with Gasteiger partial charge in [0.2, 0.25) is 0 Å². The van der Waals surface area contributed by atoms with Gasteiger partial charge in [-0.15, -0.1) is 0 Å². The third kappa shape index (κ3) is 6.74. The summed E-state index contributed by atoms with van der Waals surface area (Å²) in [6.45, 7) is 0. The van der Waals surface area contributed by atoms with Crippen LogP contribution in [0.5, 0.6) is 0 Å². The molecule has 1 aromatic heterocycles. The molecule has 0 amide bonds. The van der Waals surface area contributed by atoms with E-state index in [-0.39, 0.29) is 0 Å². The Morgan fingerprint density at radius 1 is 0.274 bits per heavy atom. The molecule has 11 rings (SSSR count). The first-order chi connectivity index (χ1) is 30.8. The number of hydrogen-bond acceptors (Lipinski definition) is 1. The Labute approximate surface area is 362 Å². The number of nitrogens with zero attached hydrogens (tertiary/aromatic N) is 2. The summed E-state index contributed by atoms with van der Waals surface area (Å²) in [6.07, 6.45) is 0. The van der Waals surface area contributed by atoms with Crippen molar-refractivity contribution in [1.29, 1.82) is 0 Å². The lowest BCUT2D eigenvalue weighted by Gasteiger charge is -2.30. The van der Waals surface area contributed by atoms with Crippen molar-refractivity contribution in [2.24, 2.45) is 0 Å². The summed E-state index contributed by atoms with van der Waals surface area (Å²) in [4.78, 5) is 2.44. The fourth-order valence-corrected chi connectivity index (χ4v) is 9.13. The number of rotatable bonds is 9. The second-order valence-corrected chi connectivity index (χ2v) is 15.7. The minimum atomic E-state index is 1.07. The molecule has 1 heterocycles. The first kappa shape index (κ1) is 36.8. The van der Waals surface area contributed by atoms with E-state index in [1.54, 1.807) is 0 Å².